The SMILES string of the molecule is CC(C)(C)C(CCBr)NC(=O)c1c(O)cccc1O. The van der Waals surface area contributed by atoms with E-state index >= 15 is 0 Å². The van der Waals surface area contributed by atoms with E-state index in [0.29, 0.717) is 0 Å². The molecule has 1 aromatic carbocycles. The van der Waals surface area contributed by atoms with Crippen LogP contribution in [-0.2, 0) is 0 Å². The molecule has 1 unspecified atom stereocenters. The fourth-order valence-corrected chi connectivity index (χ4v) is 2.28. The van der Waals surface area contributed by atoms with Crippen LogP contribution >= 0.6 is 15.9 Å². The second-order valence-corrected chi connectivity index (χ2v) is 6.33. The lowest BCUT2D eigenvalue weighted by Gasteiger charge is -2.31. The molecule has 3 N–H and O–H groups in total. The zero-order chi connectivity index (χ0) is 14.6. The Bertz CT molecular complexity index is 434. The number of hydrogen-bond donors (Lipinski definition) is 3. The molecule has 0 radical (unpaired) electrons. The lowest BCUT2D eigenvalue weighted by Crippen LogP contribution is -2.44. The minimum atomic E-state index is -0.462. The third-order valence-electron chi connectivity index (χ3n) is 3.00. The van der Waals surface area contributed by atoms with Gasteiger partial charge in [0.05, 0.1) is 0 Å². The largest absolute Gasteiger partial charge is 0.507 e. The van der Waals surface area contributed by atoms with Crippen molar-refractivity contribution in [3.8, 4) is 11.5 Å². The summed E-state index contributed by atoms with van der Waals surface area (Å²) < 4.78 is 0. The molecule has 106 valence electrons. The molecule has 4 nitrogen and oxygen atoms in total. The fourth-order valence-electron chi connectivity index (χ4n) is 1.82. The first kappa shape index (κ1) is 15.8. The Hall–Kier alpha value is -1.23. The summed E-state index contributed by atoms with van der Waals surface area (Å²) in [6, 6.07) is 4.19. The molecule has 0 aliphatic rings. The van der Waals surface area contributed by atoms with Crippen molar-refractivity contribution in [1.82, 2.24) is 5.32 Å². The summed E-state index contributed by atoms with van der Waals surface area (Å²) in [4.78, 5) is 12.2. The summed E-state index contributed by atoms with van der Waals surface area (Å²) in [6.45, 7) is 6.10. The second-order valence-electron chi connectivity index (χ2n) is 5.54. The number of rotatable bonds is 4. The molecular weight excluding hydrogens is 310 g/mol. The van der Waals surface area contributed by atoms with Gasteiger partial charge in [0.25, 0.3) is 5.91 Å². The van der Waals surface area contributed by atoms with Gasteiger partial charge in [-0.25, -0.2) is 0 Å². The Morgan fingerprint density at radius 3 is 2.26 bits per heavy atom. The van der Waals surface area contributed by atoms with E-state index < -0.39 is 5.91 Å². The van der Waals surface area contributed by atoms with Gasteiger partial charge in [-0.15, -0.1) is 0 Å². The number of carbonyl (C=O) groups is 1. The van der Waals surface area contributed by atoms with Gasteiger partial charge in [0, 0.05) is 11.4 Å². The Labute approximate surface area is 122 Å². The average molecular weight is 330 g/mol. The lowest BCUT2D eigenvalue weighted by atomic mass is 9.85. The number of hydrogen-bond acceptors (Lipinski definition) is 3. The Kier molecular flexibility index (Phi) is 5.23. The Morgan fingerprint density at radius 1 is 1.32 bits per heavy atom. The Morgan fingerprint density at radius 2 is 1.84 bits per heavy atom. The van der Waals surface area contributed by atoms with Crippen molar-refractivity contribution in [3.05, 3.63) is 23.8 Å². The molecule has 1 atom stereocenters. The minimum absolute atomic E-state index is 0.0571. The van der Waals surface area contributed by atoms with Gasteiger partial charge >= 0.3 is 0 Å². The van der Waals surface area contributed by atoms with Crippen LogP contribution in [0, 0.1) is 5.41 Å². The summed E-state index contributed by atoms with van der Waals surface area (Å²) >= 11 is 3.37. The highest BCUT2D eigenvalue weighted by atomic mass is 79.9. The third-order valence-corrected chi connectivity index (χ3v) is 3.45. The van der Waals surface area contributed by atoms with E-state index in [9.17, 15) is 15.0 Å². The predicted molar refractivity (Wildman–Crippen MR) is 78.9 cm³/mol. The van der Waals surface area contributed by atoms with E-state index in [1.54, 1.807) is 0 Å². The van der Waals surface area contributed by atoms with Crippen molar-refractivity contribution in [2.45, 2.75) is 33.2 Å². The number of phenols is 2. The zero-order valence-corrected chi connectivity index (χ0v) is 13.0. The maximum absolute atomic E-state index is 12.2. The van der Waals surface area contributed by atoms with E-state index in [4.69, 9.17) is 0 Å². The number of halogens is 1. The van der Waals surface area contributed by atoms with Crippen molar-refractivity contribution in [3.63, 3.8) is 0 Å². The first-order valence-corrected chi connectivity index (χ1v) is 7.27. The molecule has 1 aromatic rings. The van der Waals surface area contributed by atoms with Crippen molar-refractivity contribution >= 4 is 21.8 Å². The van der Waals surface area contributed by atoms with Crippen LogP contribution in [0.3, 0.4) is 0 Å². The van der Waals surface area contributed by atoms with Crippen LogP contribution in [-0.4, -0.2) is 27.5 Å². The quantitative estimate of drug-likeness (QED) is 0.743. The summed E-state index contributed by atoms with van der Waals surface area (Å²) in [5.74, 6) is -0.899. The summed E-state index contributed by atoms with van der Waals surface area (Å²) in [7, 11) is 0. The first-order chi connectivity index (χ1) is 8.77. The number of alkyl halides is 1. The van der Waals surface area contributed by atoms with Gasteiger partial charge in [-0.05, 0) is 24.0 Å². The van der Waals surface area contributed by atoms with Crippen LogP contribution in [0.15, 0.2) is 18.2 Å². The standard InChI is InChI=1S/C14H20BrNO3/c1-14(2,3)11(7-8-15)16-13(19)12-9(17)5-4-6-10(12)18/h4-6,11,17-18H,7-8H2,1-3H3,(H,16,19). The van der Waals surface area contributed by atoms with Gasteiger partial charge in [-0.3, -0.25) is 4.79 Å². The summed E-state index contributed by atoms with van der Waals surface area (Å²) in [5, 5.41) is 23.0. The highest BCUT2D eigenvalue weighted by Gasteiger charge is 2.27. The molecule has 0 fully saturated rings. The minimum Gasteiger partial charge on any atom is -0.507 e. The van der Waals surface area contributed by atoms with Gasteiger partial charge in [-0.2, -0.15) is 0 Å². The maximum atomic E-state index is 12.2. The highest BCUT2D eigenvalue weighted by molar-refractivity contribution is 9.09. The smallest absolute Gasteiger partial charge is 0.259 e. The highest BCUT2D eigenvalue weighted by Crippen LogP contribution is 2.28. The number of amides is 1. The van der Waals surface area contributed by atoms with Crippen LogP contribution in [0.5, 0.6) is 11.5 Å². The van der Waals surface area contributed by atoms with Gasteiger partial charge in [-0.1, -0.05) is 42.8 Å². The van der Waals surface area contributed by atoms with Crippen LogP contribution in [0.25, 0.3) is 0 Å². The first-order valence-electron chi connectivity index (χ1n) is 6.15. The molecule has 0 aromatic heterocycles. The third kappa shape index (κ3) is 4.13. The van der Waals surface area contributed by atoms with Gasteiger partial charge in [0.1, 0.15) is 17.1 Å². The number of carbonyl (C=O) groups excluding carboxylic acids is 1. The molecule has 1 amide bonds. The van der Waals surface area contributed by atoms with Crippen LogP contribution in [0.2, 0.25) is 0 Å². The number of phenolic OH excluding ortho intramolecular Hbond substituents is 2. The summed E-state index contributed by atoms with van der Waals surface area (Å²) in [5.41, 5.74) is -0.185. The average Bonchev–Trinajstić information content (AvgIpc) is 2.27. The molecular formula is C14H20BrNO3. The maximum Gasteiger partial charge on any atom is 0.259 e. The van der Waals surface area contributed by atoms with E-state index in [1.807, 2.05) is 20.8 Å². The predicted octanol–water partition coefficient (Wildman–Crippen LogP) is 3.03. The molecule has 0 aliphatic carbocycles. The van der Waals surface area contributed by atoms with Crippen LogP contribution < -0.4 is 5.32 Å². The molecule has 0 bridgehead atoms. The molecule has 0 aliphatic heterocycles. The van der Waals surface area contributed by atoms with E-state index in [0.717, 1.165) is 11.8 Å². The van der Waals surface area contributed by atoms with E-state index in [1.165, 1.54) is 18.2 Å². The van der Waals surface area contributed by atoms with Crippen molar-refractivity contribution < 1.29 is 15.0 Å². The molecule has 19 heavy (non-hydrogen) atoms. The lowest BCUT2D eigenvalue weighted by molar-refractivity contribution is 0.0895. The number of benzene rings is 1. The monoisotopic (exact) mass is 329 g/mol. The van der Waals surface area contributed by atoms with Crippen molar-refractivity contribution in [2.24, 2.45) is 5.41 Å². The van der Waals surface area contributed by atoms with Gasteiger partial charge in [0.15, 0.2) is 0 Å². The van der Waals surface area contributed by atoms with Gasteiger partial charge in [0.2, 0.25) is 0 Å². The topological polar surface area (TPSA) is 69.6 Å². The van der Waals surface area contributed by atoms with E-state index in [-0.39, 0.29) is 28.5 Å². The van der Waals surface area contributed by atoms with Crippen LogP contribution in [0.4, 0.5) is 0 Å². The second kappa shape index (κ2) is 6.28. The molecule has 0 saturated carbocycles. The fraction of sp³-hybridized carbons (Fsp3) is 0.500. The van der Waals surface area contributed by atoms with Crippen molar-refractivity contribution in [1.29, 1.82) is 0 Å². The van der Waals surface area contributed by atoms with Gasteiger partial charge < -0.3 is 15.5 Å². The number of aromatic hydroxyl groups is 2. The number of nitrogens with one attached hydrogen (secondary N) is 1. The molecule has 5 heteroatoms. The molecule has 0 heterocycles. The van der Waals surface area contributed by atoms with Crippen LogP contribution in [0.1, 0.15) is 37.6 Å². The molecule has 0 saturated heterocycles. The normalized spacial score (nSPS) is 13.1. The molecule has 0 spiro atoms. The summed E-state index contributed by atoms with van der Waals surface area (Å²) in [6.07, 6.45) is 0.767. The van der Waals surface area contributed by atoms with Crippen molar-refractivity contribution in [2.75, 3.05) is 5.33 Å². The zero-order valence-electron chi connectivity index (χ0n) is 11.4. The Balaban J connectivity index is 2.95. The van der Waals surface area contributed by atoms with E-state index in [2.05, 4.69) is 21.2 Å². The molecule has 1 rings (SSSR count).